The molecule has 28 heavy (non-hydrogen) atoms. The number of piperazine rings is 1. The maximum Gasteiger partial charge on any atom is 0.255 e. The van der Waals surface area contributed by atoms with Crippen molar-refractivity contribution in [2.24, 2.45) is 0 Å². The molecule has 0 aliphatic carbocycles. The third kappa shape index (κ3) is 4.11. The molecule has 148 valence electrons. The van der Waals surface area contributed by atoms with Gasteiger partial charge in [-0.05, 0) is 31.2 Å². The van der Waals surface area contributed by atoms with E-state index in [1.54, 1.807) is 4.90 Å². The monoisotopic (exact) mass is 391 g/mol. The average Bonchev–Trinajstić information content (AvgIpc) is 2.72. The molecule has 0 bridgehead atoms. The van der Waals surface area contributed by atoms with Crippen LogP contribution in [0.15, 0.2) is 42.5 Å². The Kier molecular flexibility index (Phi) is 5.87. The minimum absolute atomic E-state index is 0.316. The van der Waals surface area contributed by atoms with Crippen molar-refractivity contribution in [1.82, 2.24) is 10.2 Å². The second-order valence-corrected chi connectivity index (χ2v) is 6.57. The Labute approximate surface area is 160 Å². The first-order chi connectivity index (χ1) is 13.4. The SMILES string of the molecule is C[C@@H](NC(=O)c1ccc(F)c(F)c1F)C(=O)N1CCN(c2ccccc2)CC1. The number of nitrogens with zero attached hydrogens (tertiary/aromatic N) is 2. The molecular formula is C20H20F3N3O2. The predicted molar refractivity (Wildman–Crippen MR) is 98.5 cm³/mol. The van der Waals surface area contributed by atoms with Gasteiger partial charge in [0.15, 0.2) is 17.5 Å². The summed E-state index contributed by atoms with van der Waals surface area (Å²) < 4.78 is 40.1. The fraction of sp³-hybridized carbons (Fsp3) is 0.300. The van der Waals surface area contributed by atoms with Crippen molar-refractivity contribution >= 4 is 17.5 Å². The molecule has 1 aliphatic rings. The molecule has 0 radical (unpaired) electrons. The van der Waals surface area contributed by atoms with Crippen LogP contribution < -0.4 is 10.2 Å². The fourth-order valence-corrected chi connectivity index (χ4v) is 3.14. The van der Waals surface area contributed by atoms with Crippen molar-refractivity contribution in [3.8, 4) is 0 Å². The number of halogens is 3. The van der Waals surface area contributed by atoms with Gasteiger partial charge in [0, 0.05) is 31.9 Å². The Morgan fingerprint density at radius 1 is 0.929 bits per heavy atom. The van der Waals surface area contributed by atoms with Gasteiger partial charge in [0.25, 0.3) is 5.91 Å². The van der Waals surface area contributed by atoms with Crippen molar-refractivity contribution in [2.45, 2.75) is 13.0 Å². The summed E-state index contributed by atoms with van der Waals surface area (Å²) in [5.41, 5.74) is 0.428. The second-order valence-electron chi connectivity index (χ2n) is 6.57. The van der Waals surface area contributed by atoms with Crippen LogP contribution in [0, 0.1) is 17.5 Å². The summed E-state index contributed by atoms with van der Waals surface area (Å²) in [6, 6.07) is 10.4. The number of para-hydroxylation sites is 1. The molecule has 0 unspecified atom stereocenters. The smallest absolute Gasteiger partial charge is 0.255 e. The van der Waals surface area contributed by atoms with E-state index in [1.165, 1.54) is 6.92 Å². The van der Waals surface area contributed by atoms with Crippen LogP contribution in [0.25, 0.3) is 0 Å². The molecular weight excluding hydrogens is 371 g/mol. The van der Waals surface area contributed by atoms with Gasteiger partial charge in [-0.25, -0.2) is 13.2 Å². The van der Waals surface area contributed by atoms with Gasteiger partial charge in [-0.3, -0.25) is 9.59 Å². The minimum atomic E-state index is -1.72. The number of hydrogen-bond donors (Lipinski definition) is 1. The van der Waals surface area contributed by atoms with Crippen LogP contribution in [0.3, 0.4) is 0 Å². The topological polar surface area (TPSA) is 52.7 Å². The molecule has 8 heteroatoms. The summed E-state index contributed by atoms with van der Waals surface area (Å²) in [6.07, 6.45) is 0. The Morgan fingerprint density at radius 3 is 2.21 bits per heavy atom. The number of nitrogens with one attached hydrogen (secondary N) is 1. The molecule has 2 aromatic carbocycles. The summed E-state index contributed by atoms with van der Waals surface area (Å²) in [4.78, 5) is 28.5. The van der Waals surface area contributed by atoms with E-state index < -0.39 is 35.0 Å². The molecule has 1 fully saturated rings. The lowest BCUT2D eigenvalue weighted by Gasteiger charge is -2.37. The number of carbonyl (C=O) groups is 2. The average molecular weight is 391 g/mol. The van der Waals surface area contributed by atoms with Gasteiger partial charge >= 0.3 is 0 Å². The number of amides is 2. The quantitative estimate of drug-likeness (QED) is 0.816. The molecule has 0 aromatic heterocycles. The largest absolute Gasteiger partial charge is 0.368 e. The van der Waals surface area contributed by atoms with Gasteiger partial charge in [0.2, 0.25) is 5.91 Å². The zero-order valence-electron chi connectivity index (χ0n) is 15.3. The van der Waals surface area contributed by atoms with Crippen molar-refractivity contribution in [2.75, 3.05) is 31.1 Å². The van der Waals surface area contributed by atoms with Gasteiger partial charge < -0.3 is 15.1 Å². The van der Waals surface area contributed by atoms with Crippen molar-refractivity contribution in [3.05, 3.63) is 65.5 Å². The van der Waals surface area contributed by atoms with Crippen LogP contribution in [0.1, 0.15) is 17.3 Å². The Bertz CT molecular complexity index is 868. The maximum absolute atomic E-state index is 13.7. The molecule has 1 aliphatic heterocycles. The van der Waals surface area contributed by atoms with E-state index in [4.69, 9.17) is 0 Å². The van der Waals surface area contributed by atoms with Gasteiger partial charge in [0.1, 0.15) is 6.04 Å². The van der Waals surface area contributed by atoms with E-state index in [2.05, 4.69) is 10.2 Å². The maximum atomic E-state index is 13.7. The molecule has 1 heterocycles. The first-order valence-corrected chi connectivity index (χ1v) is 8.91. The van der Waals surface area contributed by atoms with E-state index in [-0.39, 0.29) is 5.91 Å². The third-order valence-electron chi connectivity index (χ3n) is 4.71. The van der Waals surface area contributed by atoms with Crippen LogP contribution in [0.5, 0.6) is 0 Å². The van der Waals surface area contributed by atoms with Crippen LogP contribution in [0.2, 0.25) is 0 Å². The molecule has 2 aromatic rings. The lowest BCUT2D eigenvalue weighted by molar-refractivity contribution is -0.133. The number of hydrogen-bond acceptors (Lipinski definition) is 3. The Morgan fingerprint density at radius 2 is 1.57 bits per heavy atom. The molecule has 5 nitrogen and oxygen atoms in total. The highest BCUT2D eigenvalue weighted by atomic mass is 19.2. The number of carbonyl (C=O) groups excluding carboxylic acids is 2. The molecule has 0 saturated carbocycles. The number of benzene rings is 2. The molecule has 1 saturated heterocycles. The molecule has 3 rings (SSSR count). The fourth-order valence-electron chi connectivity index (χ4n) is 3.14. The predicted octanol–water partition coefficient (Wildman–Crippen LogP) is 2.57. The first kappa shape index (κ1) is 19.7. The highest BCUT2D eigenvalue weighted by Crippen LogP contribution is 2.17. The highest BCUT2D eigenvalue weighted by molar-refractivity contribution is 5.97. The third-order valence-corrected chi connectivity index (χ3v) is 4.71. The van der Waals surface area contributed by atoms with Gasteiger partial charge in [-0.15, -0.1) is 0 Å². The van der Waals surface area contributed by atoms with E-state index in [9.17, 15) is 22.8 Å². The molecule has 1 atom stereocenters. The van der Waals surface area contributed by atoms with E-state index in [0.717, 1.165) is 11.8 Å². The van der Waals surface area contributed by atoms with Gasteiger partial charge in [0.05, 0.1) is 5.56 Å². The van der Waals surface area contributed by atoms with Gasteiger partial charge in [-0.1, -0.05) is 18.2 Å². The summed E-state index contributed by atoms with van der Waals surface area (Å²) in [5, 5.41) is 2.35. The molecule has 0 spiro atoms. The number of anilines is 1. The van der Waals surface area contributed by atoms with Crippen molar-refractivity contribution in [3.63, 3.8) is 0 Å². The molecule has 2 amide bonds. The first-order valence-electron chi connectivity index (χ1n) is 8.91. The number of rotatable bonds is 4. The minimum Gasteiger partial charge on any atom is -0.368 e. The van der Waals surface area contributed by atoms with Gasteiger partial charge in [-0.2, -0.15) is 0 Å². The Balaban J connectivity index is 1.58. The summed E-state index contributed by atoms with van der Waals surface area (Å²) in [6.45, 7) is 3.73. The van der Waals surface area contributed by atoms with Crippen LogP contribution >= 0.6 is 0 Å². The zero-order chi connectivity index (χ0) is 20.3. The highest BCUT2D eigenvalue weighted by Gasteiger charge is 2.27. The van der Waals surface area contributed by atoms with Crippen molar-refractivity contribution < 1.29 is 22.8 Å². The summed E-state index contributed by atoms with van der Waals surface area (Å²) in [7, 11) is 0. The molecule has 1 N–H and O–H groups in total. The normalized spacial score (nSPS) is 15.3. The summed E-state index contributed by atoms with van der Waals surface area (Å²) >= 11 is 0. The second kappa shape index (κ2) is 8.33. The standard InChI is InChI=1S/C20H20F3N3O2/c1-13(24-19(27)15-7-8-16(21)18(23)17(15)22)20(28)26-11-9-25(10-12-26)14-5-3-2-4-6-14/h2-8,13H,9-12H2,1H3,(H,24,27)/t13-/m1/s1. The van der Waals surface area contributed by atoms with E-state index >= 15 is 0 Å². The van der Waals surface area contributed by atoms with Crippen LogP contribution in [-0.4, -0.2) is 48.9 Å². The Hall–Kier alpha value is -3.03. The lowest BCUT2D eigenvalue weighted by atomic mass is 10.1. The summed E-state index contributed by atoms with van der Waals surface area (Å²) in [5.74, 6) is -5.96. The lowest BCUT2D eigenvalue weighted by Crippen LogP contribution is -2.54. The van der Waals surface area contributed by atoms with Crippen LogP contribution in [0.4, 0.5) is 18.9 Å². The van der Waals surface area contributed by atoms with Crippen molar-refractivity contribution in [1.29, 1.82) is 0 Å². The van der Waals surface area contributed by atoms with Crippen LogP contribution in [-0.2, 0) is 4.79 Å². The zero-order valence-corrected chi connectivity index (χ0v) is 15.3. The van der Waals surface area contributed by atoms with E-state index in [1.807, 2.05) is 30.3 Å². The van der Waals surface area contributed by atoms with E-state index in [0.29, 0.717) is 32.2 Å².